The molecule has 3 aliphatic rings. The molecule has 0 bridgehead atoms. The standard InChI is InChI=1S/C23H30N6O2/c1-15(2)29-20-19(10-31-22(29)30)8-25-21(27-20)26-16(3)18-6-4-17(5-7-18)9-28-13-23(14-28)11-24-12-23/h4-8,15-16,24H,9-14H2,1-3H3,(H,25,26,27). The highest BCUT2D eigenvalue weighted by Crippen LogP contribution is 2.35. The topological polar surface area (TPSA) is 82.6 Å². The Hall–Kier alpha value is -2.71. The van der Waals surface area contributed by atoms with Crippen LogP contribution in [0.25, 0.3) is 0 Å². The molecule has 1 spiro atoms. The molecule has 164 valence electrons. The van der Waals surface area contributed by atoms with Gasteiger partial charge in [-0.25, -0.2) is 9.78 Å². The molecule has 2 saturated heterocycles. The molecule has 3 aliphatic heterocycles. The zero-order valence-corrected chi connectivity index (χ0v) is 18.4. The minimum absolute atomic E-state index is 0.0406. The van der Waals surface area contributed by atoms with Crippen molar-refractivity contribution >= 4 is 17.9 Å². The summed E-state index contributed by atoms with van der Waals surface area (Å²) in [6.45, 7) is 12.0. The number of benzene rings is 1. The molecule has 2 aromatic rings. The largest absolute Gasteiger partial charge is 0.444 e. The van der Waals surface area contributed by atoms with Crippen LogP contribution in [0.4, 0.5) is 16.6 Å². The lowest BCUT2D eigenvalue weighted by Crippen LogP contribution is -2.70. The Morgan fingerprint density at radius 2 is 1.94 bits per heavy atom. The third-order valence-electron chi connectivity index (χ3n) is 6.48. The second-order valence-electron chi connectivity index (χ2n) is 9.42. The van der Waals surface area contributed by atoms with Crippen molar-refractivity contribution in [2.45, 2.75) is 46.0 Å². The van der Waals surface area contributed by atoms with Crippen LogP contribution >= 0.6 is 0 Å². The number of aromatic nitrogens is 2. The number of likely N-dealkylation sites (tertiary alicyclic amines) is 1. The van der Waals surface area contributed by atoms with Crippen LogP contribution in [0.3, 0.4) is 0 Å². The van der Waals surface area contributed by atoms with Gasteiger partial charge in [-0.15, -0.1) is 0 Å². The highest BCUT2D eigenvalue weighted by molar-refractivity contribution is 5.89. The first-order valence-corrected chi connectivity index (χ1v) is 11.0. The Morgan fingerprint density at radius 3 is 2.58 bits per heavy atom. The highest BCUT2D eigenvalue weighted by atomic mass is 16.6. The van der Waals surface area contributed by atoms with Crippen molar-refractivity contribution in [3.8, 4) is 0 Å². The van der Waals surface area contributed by atoms with Crippen molar-refractivity contribution in [3.05, 3.63) is 47.2 Å². The maximum absolute atomic E-state index is 12.2. The number of hydrogen-bond acceptors (Lipinski definition) is 7. The Morgan fingerprint density at radius 1 is 1.19 bits per heavy atom. The van der Waals surface area contributed by atoms with Crippen LogP contribution in [-0.2, 0) is 17.9 Å². The first-order valence-electron chi connectivity index (χ1n) is 11.0. The third-order valence-corrected chi connectivity index (χ3v) is 6.48. The van der Waals surface area contributed by atoms with Gasteiger partial charge in [-0.1, -0.05) is 24.3 Å². The third kappa shape index (κ3) is 3.85. The van der Waals surface area contributed by atoms with Gasteiger partial charge in [0.15, 0.2) is 0 Å². The molecular formula is C23H30N6O2. The lowest BCUT2D eigenvalue weighted by atomic mass is 9.74. The van der Waals surface area contributed by atoms with Gasteiger partial charge in [0.1, 0.15) is 12.4 Å². The number of carbonyl (C=O) groups excluding carboxylic acids is 1. The first-order chi connectivity index (χ1) is 14.9. The Labute approximate surface area is 183 Å². The minimum atomic E-state index is -0.363. The van der Waals surface area contributed by atoms with Crippen LogP contribution in [0.5, 0.6) is 0 Å². The van der Waals surface area contributed by atoms with Crippen molar-refractivity contribution in [2.75, 3.05) is 36.4 Å². The molecule has 1 aromatic carbocycles. The summed E-state index contributed by atoms with van der Waals surface area (Å²) in [5.74, 6) is 1.14. The molecule has 1 unspecified atom stereocenters. The van der Waals surface area contributed by atoms with Crippen LogP contribution in [0.15, 0.2) is 30.5 Å². The number of fused-ring (bicyclic) bond motifs is 1. The Kier molecular flexibility index (Phi) is 5.06. The molecule has 0 aliphatic carbocycles. The van der Waals surface area contributed by atoms with E-state index in [4.69, 9.17) is 4.74 Å². The number of ether oxygens (including phenoxy) is 1. The van der Waals surface area contributed by atoms with Crippen molar-refractivity contribution in [2.24, 2.45) is 5.41 Å². The van der Waals surface area contributed by atoms with Gasteiger partial charge in [-0.3, -0.25) is 9.80 Å². The zero-order valence-electron chi connectivity index (χ0n) is 18.4. The summed E-state index contributed by atoms with van der Waals surface area (Å²) >= 11 is 0. The smallest absolute Gasteiger partial charge is 0.416 e. The predicted molar refractivity (Wildman–Crippen MR) is 119 cm³/mol. The van der Waals surface area contributed by atoms with Crippen LogP contribution in [-0.4, -0.2) is 53.2 Å². The van der Waals surface area contributed by atoms with E-state index in [1.54, 1.807) is 11.1 Å². The molecule has 31 heavy (non-hydrogen) atoms. The van der Waals surface area contributed by atoms with Gasteiger partial charge in [0.25, 0.3) is 0 Å². The fourth-order valence-electron chi connectivity index (χ4n) is 4.69. The molecule has 2 fully saturated rings. The molecule has 4 heterocycles. The van der Waals surface area contributed by atoms with E-state index < -0.39 is 0 Å². The van der Waals surface area contributed by atoms with E-state index in [0.29, 0.717) is 17.2 Å². The maximum Gasteiger partial charge on any atom is 0.416 e. The van der Waals surface area contributed by atoms with Crippen molar-refractivity contribution in [1.82, 2.24) is 20.2 Å². The average molecular weight is 423 g/mol. The lowest BCUT2D eigenvalue weighted by Gasteiger charge is -2.56. The summed E-state index contributed by atoms with van der Waals surface area (Å²) in [6.07, 6.45) is 1.37. The fraction of sp³-hybridized carbons (Fsp3) is 0.522. The van der Waals surface area contributed by atoms with Crippen LogP contribution in [0.2, 0.25) is 0 Å². The van der Waals surface area contributed by atoms with Gasteiger partial charge < -0.3 is 15.4 Å². The molecule has 0 radical (unpaired) electrons. The van der Waals surface area contributed by atoms with E-state index in [1.807, 2.05) is 13.8 Å². The fourth-order valence-corrected chi connectivity index (χ4v) is 4.69. The van der Waals surface area contributed by atoms with Crippen molar-refractivity contribution in [3.63, 3.8) is 0 Å². The van der Waals surface area contributed by atoms with Gasteiger partial charge in [0.05, 0.1) is 11.6 Å². The van der Waals surface area contributed by atoms with Crippen molar-refractivity contribution in [1.29, 1.82) is 0 Å². The first kappa shape index (κ1) is 20.2. The van der Waals surface area contributed by atoms with Crippen LogP contribution in [0, 0.1) is 5.41 Å². The van der Waals surface area contributed by atoms with E-state index >= 15 is 0 Å². The second-order valence-corrected chi connectivity index (χ2v) is 9.42. The van der Waals surface area contributed by atoms with Gasteiger partial charge in [-0.2, -0.15) is 4.98 Å². The monoisotopic (exact) mass is 422 g/mol. The summed E-state index contributed by atoms with van der Waals surface area (Å²) in [4.78, 5) is 25.3. The number of nitrogens with zero attached hydrogens (tertiary/aromatic N) is 4. The second kappa shape index (κ2) is 7.76. The van der Waals surface area contributed by atoms with Gasteiger partial charge in [-0.05, 0) is 31.9 Å². The van der Waals surface area contributed by atoms with E-state index in [2.05, 4.69) is 56.7 Å². The highest BCUT2D eigenvalue weighted by Gasteiger charge is 2.47. The molecule has 1 aromatic heterocycles. The molecule has 8 nitrogen and oxygen atoms in total. The van der Waals surface area contributed by atoms with E-state index in [-0.39, 0.29) is 24.8 Å². The normalized spacial score (nSPS) is 20.6. The summed E-state index contributed by atoms with van der Waals surface area (Å²) < 4.78 is 5.22. The van der Waals surface area contributed by atoms with E-state index in [1.165, 1.54) is 37.3 Å². The number of hydrogen-bond donors (Lipinski definition) is 2. The summed E-state index contributed by atoms with van der Waals surface area (Å²) in [7, 11) is 0. The molecule has 2 N–H and O–H groups in total. The van der Waals surface area contributed by atoms with Gasteiger partial charge in [0, 0.05) is 50.4 Å². The van der Waals surface area contributed by atoms with Gasteiger partial charge >= 0.3 is 6.09 Å². The van der Waals surface area contributed by atoms with E-state index in [9.17, 15) is 4.79 Å². The maximum atomic E-state index is 12.2. The Balaban J connectivity index is 1.23. The molecular weight excluding hydrogens is 392 g/mol. The summed E-state index contributed by atoms with van der Waals surface area (Å²) in [5, 5.41) is 6.76. The number of carbonyl (C=O) groups is 1. The van der Waals surface area contributed by atoms with E-state index in [0.717, 1.165) is 12.1 Å². The summed E-state index contributed by atoms with van der Waals surface area (Å²) in [5.41, 5.74) is 3.90. The number of amides is 1. The molecule has 5 rings (SSSR count). The SMILES string of the molecule is CC(Nc1ncc2c(n1)N(C(C)C)C(=O)OC2)c1ccc(CN2CC3(CNC3)C2)cc1. The average Bonchev–Trinajstić information content (AvgIpc) is 2.68. The molecule has 0 saturated carbocycles. The number of cyclic esters (lactones) is 1. The zero-order chi connectivity index (χ0) is 21.6. The summed E-state index contributed by atoms with van der Waals surface area (Å²) in [6, 6.07) is 8.76. The number of rotatable bonds is 6. The quantitative estimate of drug-likeness (QED) is 0.741. The molecule has 1 atom stereocenters. The molecule has 1 amide bonds. The number of anilines is 2. The number of nitrogens with one attached hydrogen (secondary N) is 2. The predicted octanol–water partition coefficient (Wildman–Crippen LogP) is 2.92. The lowest BCUT2D eigenvalue weighted by molar-refractivity contribution is -0.0444. The van der Waals surface area contributed by atoms with Crippen LogP contribution in [0.1, 0.15) is 43.5 Å². The van der Waals surface area contributed by atoms with Gasteiger partial charge in [0.2, 0.25) is 5.95 Å². The molecule has 8 heteroatoms. The van der Waals surface area contributed by atoms with Crippen LogP contribution < -0.4 is 15.5 Å². The Bertz CT molecular complexity index is 965. The minimum Gasteiger partial charge on any atom is -0.444 e. The van der Waals surface area contributed by atoms with Crippen molar-refractivity contribution < 1.29 is 9.53 Å².